The molecule has 0 saturated heterocycles. The van der Waals surface area contributed by atoms with Crippen LogP contribution in [0.3, 0.4) is 0 Å². The number of para-hydroxylation sites is 2. The molecule has 210 valence electrons. The van der Waals surface area contributed by atoms with Crippen LogP contribution in [0.4, 0.5) is 0 Å². The molecule has 1 aliphatic carbocycles. The lowest BCUT2D eigenvalue weighted by Gasteiger charge is -2.39. The van der Waals surface area contributed by atoms with Crippen LogP contribution in [0.2, 0.25) is 0 Å². The van der Waals surface area contributed by atoms with E-state index >= 15 is 0 Å². The molecule has 0 bridgehead atoms. The highest BCUT2D eigenvalue weighted by Gasteiger charge is 2.51. The van der Waals surface area contributed by atoms with Crippen molar-refractivity contribution >= 4 is 11.6 Å². The number of carbonyl (C=O) groups excluding carboxylic acids is 2. The number of ether oxygens (including phenoxy) is 1. The zero-order valence-electron chi connectivity index (χ0n) is 24.4. The topological polar surface area (TPSA) is 43.4 Å². The number of hydrogen-bond donors (Lipinski definition) is 0. The molecule has 6 aromatic rings. The molecule has 1 heterocycles. The van der Waals surface area contributed by atoms with Crippen LogP contribution in [-0.2, 0) is 5.41 Å². The Labute approximate surface area is 256 Å². The Morgan fingerprint density at radius 2 is 0.841 bits per heavy atom. The molecule has 3 nitrogen and oxygen atoms in total. The molecule has 0 atom stereocenters. The molecule has 1 spiro atoms. The van der Waals surface area contributed by atoms with E-state index in [1.54, 1.807) is 13.8 Å². The molecule has 2 aliphatic rings. The van der Waals surface area contributed by atoms with Gasteiger partial charge in [-0.25, -0.2) is 0 Å². The van der Waals surface area contributed by atoms with Crippen molar-refractivity contribution < 1.29 is 14.3 Å². The minimum absolute atomic E-state index is 0.0575. The van der Waals surface area contributed by atoms with Gasteiger partial charge in [0.25, 0.3) is 0 Å². The van der Waals surface area contributed by atoms with Crippen molar-refractivity contribution in [2.75, 3.05) is 0 Å². The highest BCUT2D eigenvalue weighted by molar-refractivity contribution is 5.96. The number of rotatable bonds is 4. The summed E-state index contributed by atoms with van der Waals surface area (Å²) in [5.74, 6) is 1.80. The van der Waals surface area contributed by atoms with Crippen LogP contribution in [-0.4, -0.2) is 11.6 Å². The van der Waals surface area contributed by atoms with E-state index < -0.39 is 5.41 Å². The number of benzene rings is 6. The molecule has 0 radical (unpaired) electrons. The van der Waals surface area contributed by atoms with E-state index in [1.807, 2.05) is 60.7 Å². The molecule has 0 amide bonds. The Kier molecular flexibility index (Phi) is 5.79. The monoisotopic (exact) mass is 568 g/mol. The molecular formula is C41H28O3. The summed E-state index contributed by atoms with van der Waals surface area (Å²) in [7, 11) is 0. The van der Waals surface area contributed by atoms with Crippen LogP contribution in [0.15, 0.2) is 133 Å². The summed E-state index contributed by atoms with van der Waals surface area (Å²) in [5.41, 5.74) is 12.1. The van der Waals surface area contributed by atoms with Gasteiger partial charge in [-0.05, 0) is 82.6 Å². The fourth-order valence-corrected chi connectivity index (χ4v) is 7.05. The Bertz CT molecular complexity index is 1980. The lowest BCUT2D eigenvalue weighted by Crippen LogP contribution is -2.32. The largest absolute Gasteiger partial charge is 0.457 e. The van der Waals surface area contributed by atoms with Crippen molar-refractivity contribution in [1.29, 1.82) is 0 Å². The molecule has 6 aromatic carbocycles. The second kappa shape index (κ2) is 9.75. The summed E-state index contributed by atoms with van der Waals surface area (Å²) >= 11 is 0. The zero-order chi connectivity index (χ0) is 30.0. The molecule has 0 unspecified atom stereocenters. The fraction of sp³-hybridized carbons (Fsp3) is 0.0732. The molecule has 0 N–H and O–H groups in total. The molecule has 3 heteroatoms. The van der Waals surface area contributed by atoms with Gasteiger partial charge in [0.1, 0.15) is 11.5 Å². The van der Waals surface area contributed by atoms with Crippen molar-refractivity contribution in [2.45, 2.75) is 19.3 Å². The van der Waals surface area contributed by atoms with E-state index in [4.69, 9.17) is 4.74 Å². The van der Waals surface area contributed by atoms with Crippen molar-refractivity contribution in [3.05, 3.63) is 167 Å². The summed E-state index contributed by atoms with van der Waals surface area (Å²) in [5, 5.41) is 0. The maximum atomic E-state index is 12.0. The van der Waals surface area contributed by atoms with Gasteiger partial charge >= 0.3 is 0 Å². The number of ketones is 2. The van der Waals surface area contributed by atoms with Crippen molar-refractivity contribution in [3.63, 3.8) is 0 Å². The second-order valence-corrected chi connectivity index (χ2v) is 11.6. The van der Waals surface area contributed by atoms with Gasteiger partial charge in [-0.2, -0.15) is 0 Å². The summed E-state index contributed by atoms with van der Waals surface area (Å²) in [6, 6.07) is 45.9. The first-order valence-electron chi connectivity index (χ1n) is 14.8. The number of carbonyl (C=O) groups is 2. The quantitative estimate of drug-likeness (QED) is 0.199. The van der Waals surface area contributed by atoms with E-state index in [9.17, 15) is 9.59 Å². The third-order valence-electron chi connectivity index (χ3n) is 9.19. The average Bonchev–Trinajstić information content (AvgIpc) is 3.34. The summed E-state index contributed by atoms with van der Waals surface area (Å²) in [6.45, 7) is 3.19. The third kappa shape index (κ3) is 3.76. The smallest absolute Gasteiger partial charge is 0.159 e. The zero-order valence-corrected chi connectivity index (χ0v) is 24.4. The van der Waals surface area contributed by atoms with Crippen LogP contribution < -0.4 is 4.74 Å². The highest BCUT2D eigenvalue weighted by Crippen LogP contribution is 2.62. The van der Waals surface area contributed by atoms with E-state index in [0.717, 1.165) is 44.9 Å². The highest BCUT2D eigenvalue weighted by atomic mass is 16.5. The molecule has 0 aromatic heterocycles. The van der Waals surface area contributed by atoms with Gasteiger partial charge in [-0.1, -0.05) is 109 Å². The number of hydrogen-bond acceptors (Lipinski definition) is 3. The predicted octanol–water partition coefficient (Wildman–Crippen LogP) is 9.89. The van der Waals surface area contributed by atoms with Crippen LogP contribution in [0.1, 0.15) is 56.8 Å². The van der Waals surface area contributed by atoms with Crippen molar-refractivity contribution in [2.24, 2.45) is 0 Å². The van der Waals surface area contributed by atoms with Crippen molar-refractivity contribution in [1.82, 2.24) is 0 Å². The number of fused-ring (bicyclic) bond motifs is 9. The number of Topliss-reactive ketones (excluding diaryl/α,β-unsaturated/α-hetero) is 2. The third-order valence-corrected chi connectivity index (χ3v) is 9.19. The maximum Gasteiger partial charge on any atom is 0.159 e. The molecule has 8 rings (SSSR count). The lowest BCUT2D eigenvalue weighted by molar-refractivity contribution is 0.100. The average molecular weight is 569 g/mol. The fourth-order valence-electron chi connectivity index (χ4n) is 7.05. The second-order valence-electron chi connectivity index (χ2n) is 11.6. The molecule has 1 aliphatic heterocycles. The van der Waals surface area contributed by atoms with Crippen LogP contribution in [0.5, 0.6) is 11.5 Å². The Morgan fingerprint density at radius 1 is 0.455 bits per heavy atom. The van der Waals surface area contributed by atoms with E-state index in [-0.39, 0.29) is 11.6 Å². The minimum atomic E-state index is -0.610. The van der Waals surface area contributed by atoms with E-state index in [1.165, 1.54) is 22.3 Å². The van der Waals surface area contributed by atoms with E-state index in [0.29, 0.717) is 11.1 Å². The van der Waals surface area contributed by atoms with Gasteiger partial charge in [-0.15, -0.1) is 0 Å². The lowest BCUT2D eigenvalue weighted by atomic mass is 9.65. The van der Waals surface area contributed by atoms with Crippen LogP contribution in [0.25, 0.3) is 33.4 Å². The molecular weight excluding hydrogens is 540 g/mol. The minimum Gasteiger partial charge on any atom is -0.457 e. The SMILES string of the molecule is CC(=O)c1ccc(-c2ccc3c(c2)C2(c4ccccc4Oc4ccccc42)c2cc(-c4ccc(C(C)=O)cc4)ccc2-3)cc1. The predicted molar refractivity (Wildman–Crippen MR) is 175 cm³/mol. The maximum absolute atomic E-state index is 12.0. The molecule has 0 fully saturated rings. The van der Waals surface area contributed by atoms with Gasteiger partial charge < -0.3 is 4.74 Å². The Morgan fingerprint density at radius 3 is 1.25 bits per heavy atom. The van der Waals surface area contributed by atoms with Gasteiger partial charge in [0.15, 0.2) is 11.6 Å². The van der Waals surface area contributed by atoms with Crippen LogP contribution >= 0.6 is 0 Å². The molecule has 44 heavy (non-hydrogen) atoms. The van der Waals surface area contributed by atoms with Gasteiger partial charge in [0.2, 0.25) is 0 Å². The first kappa shape index (κ1) is 26.1. The first-order valence-corrected chi connectivity index (χ1v) is 14.8. The van der Waals surface area contributed by atoms with Gasteiger partial charge in [0.05, 0.1) is 5.41 Å². The summed E-state index contributed by atoms with van der Waals surface area (Å²) < 4.78 is 6.53. The Balaban J connectivity index is 1.41. The van der Waals surface area contributed by atoms with Crippen molar-refractivity contribution in [3.8, 4) is 44.9 Å². The van der Waals surface area contributed by atoms with E-state index in [2.05, 4.69) is 72.8 Å². The summed E-state index contributed by atoms with van der Waals surface area (Å²) in [6.07, 6.45) is 0. The first-order chi connectivity index (χ1) is 21.4. The van der Waals surface area contributed by atoms with Gasteiger partial charge in [0, 0.05) is 22.3 Å². The standard InChI is InChI=1S/C41H28O3/c1-25(42)27-11-15-29(16-12-27)31-19-21-33-34-22-20-32(30-17-13-28(14-18-30)26(2)43)24-38(34)41(37(33)23-31)35-7-3-5-9-39(35)44-40-10-6-4-8-36(40)41/h3-24H,1-2H3. The Hall–Kier alpha value is -5.54. The van der Waals surface area contributed by atoms with Gasteiger partial charge in [-0.3, -0.25) is 9.59 Å². The molecule has 0 saturated carbocycles. The normalized spacial score (nSPS) is 13.3. The summed E-state index contributed by atoms with van der Waals surface area (Å²) in [4.78, 5) is 23.9. The van der Waals surface area contributed by atoms with Crippen LogP contribution in [0, 0.1) is 0 Å².